The largest absolute Gasteiger partial charge is 0.378 e. The van der Waals surface area contributed by atoms with E-state index in [9.17, 15) is 9.59 Å². The standard InChI is InChI=1S/C24H31N5O3/c25-24(31)21-16-20(28-10-2-1-3-11-28)8-9-22(21)26-17-23(30)27-18-4-6-19(7-5-18)29-12-14-32-15-13-29/h4-9,16,26H,1-3,10-15,17H2,(H2,25,31)(H,27,30). The van der Waals surface area contributed by atoms with Crippen molar-refractivity contribution in [3.05, 3.63) is 48.0 Å². The first-order valence-electron chi connectivity index (χ1n) is 11.3. The summed E-state index contributed by atoms with van der Waals surface area (Å²) in [5.74, 6) is -0.704. The van der Waals surface area contributed by atoms with Crippen molar-refractivity contribution in [1.29, 1.82) is 0 Å². The molecule has 32 heavy (non-hydrogen) atoms. The molecule has 4 N–H and O–H groups in total. The molecule has 2 amide bonds. The Bertz CT molecular complexity index is 935. The minimum absolute atomic E-state index is 0.0363. The van der Waals surface area contributed by atoms with Crippen molar-refractivity contribution < 1.29 is 14.3 Å². The van der Waals surface area contributed by atoms with E-state index in [1.807, 2.05) is 42.5 Å². The van der Waals surface area contributed by atoms with Crippen LogP contribution in [0.25, 0.3) is 0 Å². The van der Waals surface area contributed by atoms with E-state index in [2.05, 4.69) is 20.4 Å². The zero-order valence-electron chi connectivity index (χ0n) is 18.3. The van der Waals surface area contributed by atoms with Crippen LogP contribution < -0.4 is 26.2 Å². The molecule has 0 aliphatic carbocycles. The molecule has 2 saturated heterocycles. The molecule has 0 atom stereocenters. The number of ether oxygens (including phenoxy) is 1. The number of anilines is 4. The summed E-state index contributed by atoms with van der Waals surface area (Å²) in [6, 6.07) is 13.4. The zero-order chi connectivity index (χ0) is 22.3. The van der Waals surface area contributed by atoms with Gasteiger partial charge >= 0.3 is 0 Å². The number of rotatable bonds is 7. The maximum absolute atomic E-state index is 12.4. The summed E-state index contributed by atoms with van der Waals surface area (Å²) in [5, 5.41) is 5.94. The quantitative estimate of drug-likeness (QED) is 0.616. The number of nitrogens with one attached hydrogen (secondary N) is 2. The van der Waals surface area contributed by atoms with Crippen LogP contribution in [-0.4, -0.2) is 57.8 Å². The molecular formula is C24H31N5O3. The van der Waals surface area contributed by atoms with Gasteiger partial charge in [-0.1, -0.05) is 0 Å². The van der Waals surface area contributed by atoms with Gasteiger partial charge in [0, 0.05) is 48.9 Å². The van der Waals surface area contributed by atoms with Crippen LogP contribution in [0.4, 0.5) is 22.7 Å². The third-order valence-electron chi connectivity index (χ3n) is 5.96. The molecule has 0 aromatic heterocycles. The van der Waals surface area contributed by atoms with E-state index in [0.717, 1.165) is 69.3 Å². The minimum atomic E-state index is -0.509. The number of nitrogens with zero attached hydrogens (tertiary/aromatic N) is 2. The molecule has 0 bridgehead atoms. The molecule has 4 rings (SSSR count). The first-order chi connectivity index (χ1) is 15.6. The first kappa shape index (κ1) is 22.0. The van der Waals surface area contributed by atoms with Crippen LogP contribution in [0.15, 0.2) is 42.5 Å². The fourth-order valence-electron chi connectivity index (χ4n) is 4.20. The minimum Gasteiger partial charge on any atom is -0.378 e. The van der Waals surface area contributed by atoms with Gasteiger partial charge in [0.25, 0.3) is 5.91 Å². The first-order valence-corrected chi connectivity index (χ1v) is 11.3. The predicted molar refractivity (Wildman–Crippen MR) is 128 cm³/mol. The van der Waals surface area contributed by atoms with Crippen LogP contribution in [0.5, 0.6) is 0 Å². The van der Waals surface area contributed by atoms with Gasteiger partial charge in [-0.3, -0.25) is 9.59 Å². The van der Waals surface area contributed by atoms with Gasteiger partial charge in [-0.25, -0.2) is 0 Å². The molecular weight excluding hydrogens is 406 g/mol. The maximum Gasteiger partial charge on any atom is 0.250 e. The number of benzene rings is 2. The van der Waals surface area contributed by atoms with E-state index in [1.165, 1.54) is 6.42 Å². The average molecular weight is 438 g/mol. The van der Waals surface area contributed by atoms with E-state index in [1.54, 1.807) is 0 Å². The highest BCUT2D eigenvalue weighted by Gasteiger charge is 2.16. The Labute approximate surface area is 188 Å². The van der Waals surface area contributed by atoms with Crippen molar-refractivity contribution in [3.63, 3.8) is 0 Å². The molecule has 8 heteroatoms. The molecule has 2 aliphatic heterocycles. The van der Waals surface area contributed by atoms with Crippen molar-refractivity contribution in [2.24, 2.45) is 5.73 Å². The lowest BCUT2D eigenvalue weighted by molar-refractivity contribution is -0.114. The smallest absolute Gasteiger partial charge is 0.250 e. The van der Waals surface area contributed by atoms with Crippen LogP contribution in [0, 0.1) is 0 Å². The second-order valence-electron chi connectivity index (χ2n) is 8.19. The van der Waals surface area contributed by atoms with Crippen LogP contribution in [-0.2, 0) is 9.53 Å². The third-order valence-corrected chi connectivity index (χ3v) is 5.96. The molecule has 2 fully saturated rings. The Morgan fingerprint density at radius 3 is 2.22 bits per heavy atom. The topological polar surface area (TPSA) is 99.9 Å². The Morgan fingerprint density at radius 2 is 1.53 bits per heavy atom. The highest BCUT2D eigenvalue weighted by atomic mass is 16.5. The summed E-state index contributed by atoms with van der Waals surface area (Å²) in [7, 11) is 0. The molecule has 8 nitrogen and oxygen atoms in total. The summed E-state index contributed by atoms with van der Waals surface area (Å²) in [5.41, 5.74) is 9.41. The van der Waals surface area contributed by atoms with Crippen molar-refractivity contribution in [2.45, 2.75) is 19.3 Å². The second-order valence-corrected chi connectivity index (χ2v) is 8.19. The normalized spacial score (nSPS) is 16.5. The molecule has 2 aromatic rings. The summed E-state index contributed by atoms with van der Waals surface area (Å²) in [6.45, 7) is 5.21. The lowest BCUT2D eigenvalue weighted by atomic mass is 10.1. The number of nitrogens with two attached hydrogens (primary N) is 1. The predicted octanol–water partition coefficient (Wildman–Crippen LogP) is 2.66. The van der Waals surface area contributed by atoms with E-state index >= 15 is 0 Å². The highest BCUT2D eigenvalue weighted by molar-refractivity contribution is 6.01. The Hall–Kier alpha value is -3.26. The van der Waals surface area contributed by atoms with Crippen LogP contribution in [0.2, 0.25) is 0 Å². The molecule has 170 valence electrons. The number of carbonyl (C=O) groups excluding carboxylic acids is 2. The lowest BCUT2D eigenvalue weighted by Gasteiger charge is -2.29. The summed E-state index contributed by atoms with van der Waals surface area (Å²) in [4.78, 5) is 29.0. The van der Waals surface area contributed by atoms with Gasteiger partial charge < -0.3 is 30.9 Å². The van der Waals surface area contributed by atoms with Crippen LogP contribution in [0.3, 0.4) is 0 Å². The number of primary amides is 1. The fourth-order valence-corrected chi connectivity index (χ4v) is 4.20. The molecule has 0 saturated carbocycles. The number of hydrogen-bond donors (Lipinski definition) is 3. The number of carbonyl (C=O) groups is 2. The van der Waals surface area contributed by atoms with Crippen molar-refractivity contribution >= 4 is 34.6 Å². The fraction of sp³-hybridized carbons (Fsp3) is 0.417. The molecule has 2 aromatic carbocycles. The third kappa shape index (κ3) is 5.50. The molecule has 0 spiro atoms. The average Bonchev–Trinajstić information content (AvgIpc) is 2.84. The summed E-state index contributed by atoms with van der Waals surface area (Å²) >= 11 is 0. The van der Waals surface area contributed by atoms with Crippen LogP contribution in [0.1, 0.15) is 29.6 Å². The highest BCUT2D eigenvalue weighted by Crippen LogP contribution is 2.26. The Balaban J connectivity index is 1.34. The zero-order valence-corrected chi connectivity index (χ0v) is 18.3. The molecule has 0 radical (unpaired) electrons. The van der Waals surface area contributed by atoms with Crippen molar-refractivity contribution in [3.8, 4) is 0 Å². The van der Waals surface area contributed by atoms with E-state index in [-0.39, 0.29) is 12.5 Å². The van der Waals surface area contributed by atoms with Crippen molar-refractivity contribution in [2.75, 3.05) is 66.4 Å². The number of piperidine rings is 1. The van der Waals surface area contributed by atoms with Gasteiger partial charge in [-0.2, -0.15) is 0 Å². The second kappa shape index (κ2) is 10.4. The van der Waals surface area contributed by atoms with Gasteiger partial charge in [0.05, 0.1) is 25.3 Å². The monoisotopic (exact) mass is 437 g/mol. The van der Waals surface area contributed by atoms with E-state index in [0.29, 0.717) is 11.3 Å². The Kier molecular flexibility index (Phi) is 7.11. The van der Waals surface area contributed by atoms with Crippen molar-refractivity contribution in [1.82, 2.24) is 0 Å². The molecule has 2 heterocycles. The van der Waals surface area contributed by atoms with Gasteiger partial charge in [0.15, 0.2) is 0 Å². The van der Waals surface area contributed by atoms with E-state index in [4.69, 9.17) is 10.5 Å². The van der Waals surface area contributed by atoms with Gasteiger partial charge in [-0.05, 0) is 61.7 Å². The molecule has 2 aliphatic rings. The number of hydrogen-bond acceptors (Lipinski definition) is 6. The lowest BCUT2D eigenvalue weighted by Crippen LogP contribution is -2.36. The van der Waals surface area contributed by atoms with Gasteiger partial charge in [-0.15, -0.1) is 0 Å². The molecule has 0 unspecified atom stereocenters. The SMILES string of the molecule is NC(=O)c1cc(N2CCCCC2)ccc1NCC(=O)Nc1ccc(N2CCOCC2)cc1. The summed E-state index contributed by atoms with van der Waals surface area (Å²) in [6.07, 6.45) is 3.54. The maximum atomic E-state index is 12.4. The number of morpholine rings is 1. The summed E-state index contributed by atoms with van der Waals surface area (Å²) < 4.78 is 5.38. The van der Waals surface area contributed by atoms with Gasteiger partial charge in [0.1, 0.15) is 0 Å². The van der Waals surface area contributed by atoms with E-state index < -0.39 is 5.91 Å². The number of amides is 2. The Morgan fingerprint density at radius 1 is 0.875 bits per heavy atom. The van der Waals surface area contributed by atoms with Gasteiger partial charge in [0.2, 0.25) is 5.91 Å². The van der Waals surface area contributed by atoms with Crippen LogP contribution >= 0.6 is 0 Å².